The number of carbonyl (C=O) groups excluding carboxylic acids is 3. The van der Waals surface area contributed by atoms with Crippen LogP contribution in [0.4, 0.5) is 5.69 Å². The van der Waals surface area contributed by atoms with Crippen LogP contribution >= 0.6 is 0 Å². The SMILES string of the molecule is CCc1ccccc1NC(=O)CN1CCN(C(=O)CN(CCC(=O)OC)Cc2ccccc2)CC1. The summed E-state index contributed by atoms with van der Waals surface area (Å²) >= 11 is 0. The standard InChI is InChI=1S/C27H36N4O4/c1-3-23-11-7-8-12-24(23)28-25(32)20-29-15-17-31(18-16-29)26(33)21-30(14-13-27(34)35-2)19-22-9-5-4-6-10-22/h4-12H,3,13-21H2,1-2H3,(H,28,32). The second-order valence-corrected chi connectivity index (χ2v) is 8.74. The highest BCUT2D eigenvalue weighted by Crippen LogP contribution is 2.15. The summed E-state index contributed by atoms with van der Waals surface area (Å²) in [4.78, 5) is 43.1. The van der Waals surface area contributed by atoms with Crippen LogP contribution in [0.2, 0.25) is 0 Å². The number of nitrogens with one attached hydrogen (secondary N) is 1. The highest BCUT2D eigenvalue weighted by atomic mass is 16.5. The van der Waals surface area contributed by atoms with Crippen molar-refractivity contribution in [2.45, 2.75) is 26.3 Å². The molecule has 8 heteroatoms. The molecule has 0 atom stereocenters. The number of esters is 1. The van der Waals surface area contributed by atoms with Crippen LogP contribution in [0.15, 0.2) is 54.6 Å². The summed E-state index contributed by atoms with van der Waals surface area (Å²) in [6, 6.07) is 17.7. The van der Waals surface area contributed by atoms with Gasteiger partial charge in [-0.25, -0.2) is 0 Å². The molecule has 0 bridgehead atoms. The minimum absolute atomic E-state index is 0.0340. The average molecular weight is 481 g/mol. The van der Waals surface area contributed by atoms with Gasteiger partial charge in [-0.2, -0.15) is 0 Å². The van der Waals surface area contributed by atoms with Crippen LogP contribution in [0, 0.1) is 0 Å². The quantitative estimate of drug-likeness (QED) is 0.498. The Hall–Kier alpha value is -3.23. The Kier molecular flexibility index (Phi) is 10.3. The van der Waals surface area contributed by atoms with Crippen molar-refractivity contribution in [3.8, 4) is 0 Å². The zero-order chi connectivity index (χ0) is 25.0. The molecule has 2 amide bonds. The molecule has 0 aliphatic carbocycles. The van der Waals surface area contributed by atoms with Crippen LogP contribution in [0.3, 0.4) is 0 Å². The summed E-state index contributed by atoms with van der Waals surface area (Å²) in [6.07, 6.45) is 1.10. The third kappa shape index (κ3) is 8.49. The number of ether oxygens (including phenoxy) is 1. The van der Waals surface area contributed by atoms with E-state index in [9.17, 15) is 14.4 Å². The lowest BCUT2D eigenvalue weighted by atomic mass is 10.1. The predicted octanol–water partition coefficient (Wildman–Crippen LogP) is 2.40. The van der Waals surface area contributed by atoms with Gasteiger partial charge >= 0.3 is 5.97 Å². The van der Waals surface area contributed by atoms with Crippen LogP contribution < -0.4 is 5.32 Å². The van der Waals surface area contributed by atoms with Crippen LogP contribution in [0.1, 0.15) is 24.5 Å². The highest BCUT2D eigenvalue weighted by molar-refractivity contribution is 5.93. The smallest absolute Gasteiger partial charge is 0.306 e. The third-order valence-corrected chi connectivity index (χ3v) is 6.23. The van der Waals surface area contributed by atoms with Crippen molar-refractivity contribution >= 4 is 23.5 Å². The zero-order valence-corrected chi connectivity index (χ0v) is 20.7. The fraction of sp³-hybridized carbons (Fsp3) is 0.444. The number of benzene rings is 2. The molecule has 0 spiro atoms. The van der Waals surface area contributed by atoms with Crippen molar-refractivity contribution in [3.05, 3.63) is 65.7 Å². The summed E-state index contributed by atoms with van der Waals surface area (Å²) in [5.74, 6) is -0.293. The number of para-hydroxylation sites is 1. The van der Waals surface area contributed by atoms with Crippen molar-refractivity contribution in [3.63, 3.8) is 0 Å². The maximum absolute atomic E-state index is 13.0. The fourth-order valence-electron chi connectivity index (χ4n) is 4.20. The Balaban J connectivity index is 1.48. The molecule has 1 heterocycles. The third-order valence-electron chi connectivity index (χ3n) is 6.23. The average Bonchev–Trinajstić information content (AvgIpc) is 2.88. The van der Waals surface area contributed by atoms with E-state index in [1.54, 1.807) is 0 Å². The number of hydrogen-bond donors (Lipinski definition) is 1. The highest BCUT2D eigenvalue weighted by Gasteiger charge is 2.24. The first kappa shape index (κ1) is 26.4. The van der Waals surface area contributed by atoms with Crippen molar-refractivity contribution in [2.24, 2.45) is 0 Å². The molecule has 2 aromatic rings. The lowest BCUT2D eigenvalue weighted by molar-refractivity contribution is -0.142. The molecule has 3 rings (SSSR count). The van der Waals surface area contributed by atoms with Gasteiger partial charge in [0.25, 0.3) is 0 Å². The van der Waals surface area contributed by atoms with Crippen LogP contribution in [-0.2, 0) is 32.1 Å². The number of amides is 2. The number of rotatable bonds is 11. The summed E-state index contributed by atoms with van der Waals surface area (Å²) in [6.45, 7) is 6.10. The first-order valence-electron chi connectivity index (χ1n) is 12.2. The van der Waals surface area contributed by atoms with Crippen molar-refractivity contribution in [1.29, 1.82) is 0 Å². The molecule has 35 heavy (non-hydrogen) atoms. The Morgan fingerprint density at radius 1 is 0.971 bits per heavy atom. The number of piperazine rings is 1. The summed E-state index contributed by atoms with van der Waals surface area (Å²) in [5, 5.41) is 3.01. The van der Waals surface area contributed by atoms with Crippen LogP contribution in [0.5, 0.6) is 0 Å². The fourth-order valence-corrected chi connectivity index (χ4v) is 4.20. The van der Waals surface area contributed by atoms with E-state index in [2.05, 4.69) is 17.1 Å². The van der Waals surface area contributed by atoms with Gasteiger partial charge < -0.3 is 15.0 Å². The zero-order valence-electron chi connectivity index (χ0n) is 20.7. The molecule has 0 aromatic heterocycles. The Bertz CT molecular complexity index is 974. The van der Waals surface area contributed by atoms with Gasteiger partial charge in [-0.05, 0) is 23.6 Å². The largest absolute Gasteiger partial charge is 0.469 e. The van der Waals surface area contributed by atoms with Crippen LogP contribution in [-0.4, -0.2) is 85.4 Å². The molecule has 188 valence electrons. The molecule has 1 fully saturated rings. The molecular formula is C27H36N4O4. The number of anilines is 1. The molecule has 2 aromatic carbocycles. The number of aryl methyl sites for hydroxylation is 1. The van der Waals surface area contributed by atoms with E-state index >= 15 is 0 Å². The van der Waals surface area contributed by atoms with E-state index in [-0.39, 0.29) is 30.7 Å². The molecule has 0 radical (unpaired) electrons. The maximum Gasteiger partial charge on any atom is 0.306 e. The van der Waals surface area contributed by atoms with E-state index in [0.717, 1.165) is 23.2 Å². The van der Waals surface area contributed by atoms with Crippen molar-refractivity contribution in [1.82, 2.24) is 14.7 Å². The lowest BCUT2D eigenvalue weighted by Gasteiger charge is -2.35. The summed E-state index contributed by atoms with van der Waals surface area (Å²) < 4.78 is 4.77. The van der Waals surface area contributed by atoms with Gasteiger partial charge in [-0.15, -0.1) is 0 Å². The van der Waals surface area contributed by atoms with Gasteiger partial charge in [0.05, 0.1) is 26.6 Å². The second kappa shape index (κ2) is 13.6. The first-order valence-corrected chi connectivity index (χ1v) is 12.2. The van der Waals surface area contributed by atoms with E-state index in [1.165, 1.54) is 7.11 Å². The molecule has 1 N–H and O–H groups in total. The van der Waals surface area contributed by atoms with E-state index in [0.29, 0.717) is 45.8 Å². The number of nitrogens with zero attached hydrogens (tertiary/aromatic N) is 3. The molecule has 8 nitrogen and oxygen atoms in total. The van der Waals surface area contributed by atoms with Gasteiger partial charge in [0.2, 0.25) is 11.8 Å². The van der Waals surface area contributed by atoms with E-state index in [1.807, 2.05) is 64.4 Å². The topological polar surface area (TPSA) is 82.2 Å². The molecule has 0 unspecified atom stereocenters. The minimum Gasteiger partial charge on any atom is -0.469 e. The van der Waals surface area contributed by atoms with Gasteiger partial charge in [0.1, 0.15) is 0 Å². The van der Waals surface area contributed by atoms with Gasteiger partial charge in [0, 0.05) is 45.0 Å². The monoisotopic (exact) mass is 480 g/mol. The maximum atomic E-state index is 13.0. The normalized spacial score (nSPS) is 14.1. The predicted molar refractivity (Wildman–Crippen MR) is 136 cm³/mol. The van der Waals surface area contributed by atoms with E-state index in [4.69, 9.17) is 4.74 Å². The molecule has 1 aliphatic rings. The minimum atomic E-state index is -0.288. The number of hydrogen-bond acceptors (Lipinski definition) is 6. The molecule has 1 aliphatic heterocycles. The summed E-state index contributed by atoms with van der Waals surface area (Å²) in [7, 11) is 1.37. The Morgan fingerprint density at radius 3 is 2.34 bits per heavy atom. The van der Waals surface area contributed by atoms with Crippen molar-refractivity contribution < 1.29 is 19.1 Å². The molecule has 1 saturated heterocycles. The van der Waals surface area contributed by atoms with Crippen LogP contribution in [0.25, 0.3) is 0 Å². The van der Waals surface area contributed by atoms with E-state index < -0.39 is 0 Å². The second-order valence-electron chi connectivity index (χ2n) is 8.74. The Morgan fingerprint density at radius 2 is 1.66 bits per heavy atom. The van der Waals surface area contributed by atoms with Gasteiger partial charge in [-0.1, -0.05) is 55.5 Å². The molecular weight excluding hydrogens is 444 g/mol. The lowest BCUT2D eigenvalue weighted by Crippen LogP contribution is -2.52. The van der Waals surface area contributed by atoms with Gasteiger partial charge in [0.15, 0.2) is 0 Å². The Labute approximate surface area is 207 Å². The first-order chi connectivity index (χ1) is 17.0. The number of methoxy groups -OCH3 is 1. The van der Waals surface area contributed by atoms with Crippen molar-refractivity contribution in [2.75, 3.05) is 58.2 Å². The molecule has 0 saturated carbocycles. The summed E-state index contributed by atoms with van der Waals surface area (Å²) in [5.41, 5.74) is 3.06. The van der Waals surface area contributed by atoms with Gasteiger partial charge in [-0.3, -0.25) is 24.2 Å². The number of carbonyl (C=O) groups is 3.